The van der Waals surface area contributed by atoms with Crippen LogP contribution in [0.25, 0.3) is 0 Å². The third-order valence-electron chi connectivity index (χ3n) is 3.08. The van der Waals surface area contributed by atoms with Gasteiger partial charge in [0.1, 0.15) is 0 Å². The number of benzene rings is 1. The van der Waals surface area contributed by atoms with Crippen LogP contribution in [0, 0.1) is 0 Å². The van der Waals surface area contributed by atoms with Gasteiger partial charge in [0.15, 0.2) is 5.11 Å². The number of para-hydroxylation sites is 1. The van der Waals surface area contributed by atoms with E-state index in [0.717, 1.165) is 31.4 Å². The summed E-state index contributed by atoms with van der Waals surface area (Å²) in [6.07, 6.45) is 3.84. The zero-order valence-electron chi connectivity index (χ0n) is 9.73. The van der Waals surface area contributed by atoms with Crippen LogP contribution >= 0.6 is 12.2 Å². The second-order valence-corrected chi connectivity index (χ2v) is 4.83. The Balaban J connectivity index is 1.84. The minimum Gasteiger partial charge on any atom is -0.391 e. The molecule has 0 aliphatic heterocycles. The largest absolute Gasteiger partial charge is 0.391 e. The van der Waals surface area contributed by atoms with Gasteiger partial charge in [-0.2, -0.15) is 0 Å². The highest BCUT2D eigenvalue weighted by atomic mass is 32.1. The van der Waals surface area contributed by atoms with Gasteiger partial charge >= 0.3 is 0 Å². The second-order valence-electron chi connectivity index (χ2n) is 4.42. The van der Waals surface area contributed by atoms with Crippen LogP contribution in [-0.2, 0) is 0 Å². The first-order chi connectivity index (χ1) is 8.25. The Morgan fingerprint density at radius 2 is 1.88 bits per heavy atom. The van der Waals surface area contributed by atoms with E-state index in [1.165, 1.54) is 0 Å². The average Bonchev–Trinajstić information content (AvgIpc) is 2.33. The summed E-state index contributed by atoms with van der Waals surface area (Å²) in [5.41, 5.74) is 0.968. The maximum atomic E-state index is 9.83. The normalized spacial score (nSPS) is 24.1. The number of hydrogen-bond donors (Lipinski definition) is 3. The van der Waals surface area contributed by atoms with E-state index in [-0.39, 0.29) is 12.1 Å². The van der Waals surface area contributed by atoms with E-state index in [2.05, 4.69) is 10.6 Å². The minimum atomic E-state index is -0.278. The molecule has 0 spiro atoms. The Morgan fingerprint density at radius 1 is 1.18 bits per heavy atom. The number of aliphatic hydroxyl groups excluding tert-OH is 1. The van der Waals surface area contributed by atoms with Gasteiger partial charge in [0, 0.05) is 5.69 Å². The van der Waals surface area contributed by atoms with Gasteiger partial charge in [-0.05, 0) is 37.2 Å². The molecule has 1 aromatic rings. The van der Waals surface area contributed by atoms with Gasteiger partial charge in [-0.3, -0.25) is 0 Å². The molecule has 1 aliphatic rings. The first-order valence-corrected chi connectivity index (χ1v) is 6.47. The predicted octanol–water partition coefficient (Wildman–Crippen LogP) is 2.28. The van der Waals surface area contributed by atoms with Gasteiger partial charge in [-0.15, -0.1) is 0 Å². The van der Waals surface area contributed by atoms with Crippen LogP contribution in [0.5, 0.6) is 0 Å². The van der Waals surface area contributed by atoms with E-state index in [0.29, 0.717) is 5.11 Å². The lowest BCUT2D eigenvalue weighted by Gasteiger charge is -2.29. The summed E-state index contributed by atoms with van der Waals surface area (Å²) in [6, 6.07) is 9.90. The van der Waals surface area contributed by atoms with Gasteiger partial charge in [-0.25, -0.2) is 0 Å². The van der Waals surface area contributed by atoms with Gasteiger partial charge in [0.05, 0.1) is 12.1 Å². The van der Waals surface area contributed by atoms with Crippen molar-refractivity contribution >= 4 is 23.0 Å². The number of anilines is 1. The number of rotatable bonds is 2. The topological polar surface area (TPSA) is 44.3 Å². The molecular weight excluding hydrogens is 232 g/mol. The van der Waals surface area contributed by atoms with E-state index >= 15 is 0 Å². The molecule has 0 saturated heterocycles. The van der Waals surface area contributed by atoms with Crippen molar-refractivity contribution in [1.29, 1.82) is 0 Å². The second kappa shape index (κ2) is 5.98. The average molecular weight is 250 g/mol. The maximum absolute atomic E-state index is 9.83. The van der Waals surface area contributed by atoms with Crippen molar-refractivity contribution in [3.8, 4) is 0 Å². The molecule has 1 saturated carbocycles. The highest BCUT2D eigenvalue weighted by molar-refractivity contribution is 7.80. The molecular formula is C13H18N2OS. The van der Waals surface area contributed by atoms with Crippen molar-refractivity contribution < 1.29 is 5.11 Å². The summed E-state index contributed by atoms with van der Waals surface area (Å²) in [6.45, 7) is 0. The van der Waals surface area contributed by atoms with E-state index in [1.807, 2.05) is 30.3 Å². The van der Waals surface area contributed by atoms with Crippen molar-refractivity contribution in [2.45, 2.75) is 37.8 Å². The maximum Gasteiger partial charge on any atom is 0.171 e. The summed E-state index contributed by atoms with van der Waals surface area (Å²) in [5.74, 6) is 0. The van der Waals surface area contributed by atoms with Gasteiger partial charge in [0.2, 0.25) is 0 Å². The summed E-state index contributed by atoms with van der Waals surface area (Å²) in [5, 5.41) is 16.7. The summed E-state index contributed by atoms with van der Waals surface area (Å²) < 4.78 is 0. The quantitative estimate of drug-likeness (QED) is 0.705. The van der Waals surface area contributed by atoms with Crippen LogP contribution in [0.15, 0.2) is 30.3 Å². The van der Waals surface area contributed by atoms with Crippen molar-refractivity contribution in [3.05, 3.63) is 30.3 Å². The SMILES string of the molecule is O[C@@H]1CCCC[C@H]1NC(=S)Nc1ccccc1. The summed E-state index contributed by atoms with van der Waals surface area (Å²) >= 11 is 5.24. The molecule has 2 rings (SSSR count). The highest BCUT2D eigenvalue weighted by Crippen LogP contribution is 2.18. The van der Waals surface area contributed by atoms with E-state index in [1.54, 1.807) is 0 Å². The van der Waals surface area contributed by atoms with Crippen LogP contribution in [0.2, 0.25) is 0 Å². The van der Waals surface area contributed by atoms with Gasteiger partial charge < -0.3 is 15.7 Å². The third-order valence-corrected chi connectivity index (χ3v) is 3.30. The molecule has 4 heteroatoms. The lowest BCUT2D eigenvalue weighted by Crippen LogP contribution is -2.46. The van der Waals surface area contributed by atoms with Gasteiger partial charge in [0.25, 0.3) is 0 Å². The monoisotopic (exact) mass is 250 g/mol. The highest BCUT2D eigenvalue weighted by Gasteiger charge is 2.23. The number of hydrogen-bond acceptors (Lipinski definition) is 2. The molecule has 3 N–H and O–H groups in total. The molecule has 0 heterocycles. The van der Waals surface area contributed by atoms with E-state index in [9.17, 15) is 5.11 Å². The Labute approximate surface area is 107 Å². The zero-order valence-corrected chi connectivity index (χ0v) is 10.5. The summed E-state index contributed by atoms with van der Waals surface area (Å²) in [4.78, 5) is 0. The molecule has 2 atom stereocenters. The predicted molar refractivity (Wildman–Crippen MR) is 74.1 cm³/mol. The molecule has 92 valence electrons. The minimum absolute atomic E-state index is 0.0902. The molecule has 0 aromatic heterocycles. The molecule has 0 radical (unpaired) electrons. The standard InChI is InChI=1S/C13H18N2OS/c16-12-9-5-4-8-11(12)15-13(17)14-10-6-2-1-3-7-10/h1-3,6-7,11-12,16H,4-5,8-9H2,(H2,14,15,17)/t11-,12-/m1/s1. The first kappa shape index (κ1) is 12.3. The van der Waals surface area contributed by atoms with E-state index < -0.39 is 0 Å². The van der Waals surface area contributed by atoms with Crippen LogP contribution in [0.3, 0.4) is 0 Å². The number of nitrogens with one attached hydrogen (secondary N) is 2. The molecule has 1 aromatic carbocycles. The first-order valence-electron chi connectivity index (χ1n) is 6.06. The molecule has 0 bridgehead atoms. The molecule has 1 fully saturated rings. The molecule has 1 aliphatic carbocycles. The van der Waals surface area contributed by atoms with Crippen LogP contribution in [0.4, 0.5) is 5.69 Å². The van der Waals surface area contributed by atoms with Crippen molar-refractivity contribution in [3.63, 3.8) is 0 Å². The fourth-order valence-corrected chi connectivity index (χ4v) is 2.41. The third kappa shape index (κ3) is 3.68. The Kier molecular flexibility index (Phi) is 4.34. The Bertz CT molecular complexity index is 369. The van der Waals surface area contributed by atoms with Crippen molar-refractivity contribution in [1.82, 2.24) is 5.32 Å². The number of thiocarbonyl (C=S) groups is 1. The van der Waals surface area contributed by atoms with Crippen molar-refractivity contribution in [2.24, 2.45) is 0 Å². The molecule has 0 amide bonds. The molecule has 0 unspecified atom stereocenters. The van der Waals surface area contributed by atoms with E-state index in [4.69, 9.17) is 12.2 Å². The molecule has 17 heavy (non-hydrogen) atoms. The van der Waals surface area contributed by atoms with Crippen LogP contribution in [-0.4, -0.2) is 22.4 Å². The lowest BCUT2D eigenvalue weighted by atomic mass is 9.93. The number of aliphatic hydroxyl groups is 1. The summed E-state index contributed by atoms with van der Waals surface area (Å²) in [7, 11) is 0. The van der Waals surface area contributed by atoms with Crippen LogP contribution in [0.1, 0.15) is 25.7 Å². The lowest BCUT2D eigenvalue weighted by molar-refractivity contribution is 0.100. The fraction of sp³-hybridized carbons (Fsp3) is 0.462. The van der Waals surface area contributed by atoms with Gasteiger partial charge in [-0.1, -0.05) is 31.0 Å². The van der Waals surface area contributed by atoms with Crippen LogP contribution < -0.4 is 10.6 Å². The Hall–Kier alpha value is -1.13. The smallest absolute Gasteiger partial charge is 0.171 e. The zero-order chi connectivity index (χ0) is 12.1. The fourth-order valence-electron chi connectivity index (χ4n) is 2.14. The molecule has 3 nitrogen and oxygen atoms in total. The Morgan fingerprint density at radius 3 is 2.59 bits per heavy atom. The van der Waals surface area contributed by atoms with Crippen molar-refractivity contribution in [2.75, 3.05) is 5.32 Å².